The van der Waals surface area contributed by atoms with E-state index < -0.39 is 25.7 Å². The highest BCUT2D eigenvalue weighted by molar-refractivity contribution is 7.91. The number of sulfone groups is 1. The number of amides is 1. The zero-order valence-electron chi connectivity index (χ0n) is 14.1. The van der Waals surface area contributed by atoms with Gasteiger partial charge in [-0.3, -0.25) is 4.79 Å². The monoisotopic (exact) mass is 404 g/mol. The first-order chi connectivity index (χ1) is 12.2. The summed E-state index contributed by atoms with van der Waals surface area (Å²) >= 11 is 0. The van der Waals surface area contributed by atoms with Crippen LogP contribution >= 0.6 is 0 Å². The van der Waals surface area contributed by atoms with Crippen LogP contribution in [0.2, 0.25) is 0 Å². The second kappa shape index (κ2) is 7.24. The van der Waals surface area contributed by atoms with Crippen LogP contribution in [-0.2, 0) is 24.7 Å². The Hall–Kier alpha value is -1.52. The molecule has 0 aromatic heterocycles. The predicted molar refractivity (Wildman–Crippen MR) is 93.1 cm³/mol. The fraction of sp³-hybridized carbons (Fsp3) is 0.562. The van der Waals surface area contributed by atoms with Crippen LogP contribution in [0.25, 0.3) is 0 Å². The highest BCUT2D eigenvalue weighted by Gasteiger charge is 2.34. The third kappa shape index (κ3) is 4.24. The third-order valence-electron chi connectivity index (χ3n) is 4.85. The molecular formula is C16H21FN2O5S2. The average Bonchev–Trinajstić information content (AvgIpc) is 2.94. The number of nitrogens with one attached hydrogen (secondary N) is 1. The Morgan fingerprint density at radius 2 is 1.73 bits per heavy atom. The fourth-order valence-corrected chi connectivity index (χ4v) is 6.48. The summed E-state index contributed by atoms with van der Waals surface area (Å²) in [5, 5.41) is 2.77. The van der Waals surface area contributed by atoms with Crippen molar-refractivity contribution in [3.05, 3.63) is 30.1 Å². The van der Waals surface area contributed by atoms with Crippen molar-refractivity contribution >= 4 is 25.8 Å². The van der Waals surface area contributed by atoms with Gasteiger partial charge in [-0.15, -0.1) is 0 Å². The van der Waals surface area contributed by atoms with E-state index in [-0.39, 0.29) is 47.4 Å². The van der Waals surface area contributed by atoms with Gasteiger partial charge in [0.1, 0.15) is 5.82 Å². The molecular weight excluding hydrogens is 383 g/mol. The summed E-state index contributed by atoms with van der Waals surface area (Å²) in [5.74, 6) is -1.000. The van der Waals surface area contributed by atoms with Crippen LogP contribution in [0.1, 0.15) is 19.3 Å². The molecule has 0 radical (unpaired) electrons. The summed E-state index contributed by atoms with van der Waals surface area (Å²) in [6, 6.07) is 4.30. The molecule has 1 amide bonds. The zero-order chi connectivity index (χ0) is 18.9. The number of piperidine rings is 1. The summed E-state index contributed by atoms with van der Waals surface area (Å²) in [6.07, 6.45) is 1.16. The van der Waals surface area contributed by atoms with Gasteiger partial charge in [0.2, 0.25) is 15.9 Å². The van der Waals surface area contributed by atoms with Crippen molar-refractivity contribution in [2.45, 2.75) is 30.2 Å². The first-order valence-corrected chi connectivity index (χ1v) is 11.7. The zero-order valence-corrected chi connectivity index (χ0v) is 15.7. The van der Waals surface area contributed by atoms with Crippen molar-refractivity contribution < 1.29 is 26.0 Å². The van der Waals surface area contributed by atoms with E-state index in [1.807, 2.05) is 0 Å². The van der Waals surface area contributed by atoms with Crippen molar-refractivity contribution in [3.8, 4) is 0 Å². The molecule has 0 aliphatic carbocycles. The van der Waals surface area contributed by atoms with Gasteiger partial charge in [0, 0.05) is 25.0 Å². The van der Waals surface area contributed by atoms with Crippen LogP contribution in [0.15, 0.2) is 29.2 Å². The Morgan fingerprint density at radius 3 is 2.27 bits per heavy atom. The molecule has 144 valence electrons. The second-order valence-electron chi connectivity index (χ2n) is 6.74. The van der Waals surface area contributed by atoms with Gasteiger partial charge in [-0.2, -0.15) is 4.31 Å². The maximum Gasteiger partial charge on any atom is 0.243 e. The first-order valence-electron chi connectivity index (χ1n) is 8.44. The Kier molecular flexibility index (Phi) is 5.36. The largest absolute Gasteiger partial charge is 0.352 e. The van der Waals surface area contributed by atoms with E-state index in [1.165, 1.54) is 16.4 Å². The van der Waals surface area contributed by atoms with E-state index in [1.54, 1.807) is 0 Å². The number of carbonyl (C=O) groups excluding carboxylic acids is 1. The molecule has 26 heavy (non-hydrogen) atoms. The van der Waals surface area contributed by atoms with Crippen LogP contribution in [0.4, 0.5) is 4.39 Å². The van der Waals surface area contributed by atoms with Crippen LogP contribution in [0, 0.1) is 11.7 Å². The summed E-state index contributed by atoms with van der Waals surface area (Å²) in [7, 11) is -6.77. The topological polar surface area (TPSA) is 101 Å². The minimum atomic E-state index is -3.71. The fourth-order valence-electron chi connectivity index (χ4n) is 3.34. The molecule has 2 fully saturated rings. The van der Waals surface area contributed by atoms with E-state index >= 15 is 0 Å². The van der Waals surface area contributed by atoms with Gasteiger partial charge in [0.05, 0.1) is 16.4 Å². The molecule has 1 aromatic carbocycles. The lowest BCUT2D eigenvalue weighted by atomic mass is 9.97. The van der Waals surface area contributed by atoms with Crippen LogP contribution in [0.5, 0.6) is 0 Å². The van der Waals surface area contributed by atoms with Gasteiger partial charge in [-0.25, -0.2) is 21.2 Å². The standard InChI is InChI=1S/C16H21FN2O5S2/c17-13-1-3-15(4-2-13)26(23,24)19-8-5-12(6-9-19)16(20)18-14-7-10-25(21,22)11-14/h1-4,12,14H,5-11H2,(H,18,20). The lowest BCUT2D eigenvalue weighted by Gasteiger charge is -2.31. The Morgan fingerprint density at radius 1 is 1.12 bits per heavy atom. The normalized spacial score (nSPS) is 24.4. The molecule has 2 heterocycles. The molecule has 3 rings (SSSR count). The third-order valence-corrected chi connectivity index (χ3v) is 8.54. The van der Waals surface area contributed by atoms with E-state index in [0.717, 1.165) is 12.1 Å². The van der Waals surface area contributed by atoms with Crippen molar-refractivity contribution in [3.63, 3.8) is 0 Å². The van der Waals surface area contributed by atoms with Gasteiger partial charge >= 0.3 is 0 Å². The van der Waals surface area contributed by atoms with Gasteiger partial charge in [-0.05, 0) is 43.5 Å². The Labute approximate surface area is 152 Å². The predicted octanol–water partition coefficient (Wildman–Crippen LogP) is 0.530. The van der Waals surface area contributed by atoms with Crippen LogP contribution in [-0.4, -0.2) is 57.7 Å². The maximum atomic E-state index is 13.0. The molecule has 1 N–H and O–H groups in total. The summed E-state index contributed by atoms with van der Waals surface area (Å²) < 4.78 is 62.3. The molecule has 7 nitrogen and oxygen atoms in total. The molecule has 0 spiro atoms. The van der Waals surface area contributed by atoms with Crippen molar-refractivity contribution in [1.29, 1.82) is 0 Å². The van der Waals surface area contributed by atoms with E-state index in [0.29, 0.717) is 19.3 Å². The Balaban J connectivity index is 1.57. The highest BCUT2D eigenvalue weighted by atomic mass is 32.2. The molecule has 2 aliphatic heterocycles. The van der Waals surface area contributed by atoms with Crippen molar-refractivity contribution in [1.82, 2.24) is 9.62 Å². The summed E-state index contributed by atoms with van der Waals surface area (Å²) in [6.45, 7) is 0.390. The minimum absolute atomic E-state index is 0.0259. The van der Waals surface area contributed by atoms with E-state index in [4.69, 9.17) is 0 Å². The molecule has 10 heteroatoms. The molecule has 2 saturated heterocycles. The van der Waals surface area contributed by atoms with Gasteiger partial charge in [0.25, 0.3) is 0 Å². The number of hydrogen-bond acceptors (Lipinski definition) is 5. The van der Waals surface area contributed by atoms with Gasteiger partial charge in [0.15, 0.2) is 9.84 Å². The van der Waals surface area contributed by atoms with E-state index in [2.05, 4.69) is 5.32 Å². The number of halogens is 1. The molecule has 1 unspecified atom stereocenters. The SMILES string of the molecule is O=C(NC1CCS(=O)(=O)C1)C1CCN(S(=O)(=O)c2ccc(F)cc2)CC1. The highest BCUT2D eigenvalue weighted by Crippen LogP contribution is 2.24. The molecule has 0 bridgehead atoms. The molecule has 1 atom stereocenters. The number of benzene rings is 1. The minimum Gasteiger partial charge on any atom is -0.352 e. The number of carbonyl (C=O) groups is 1. The number of rotatable bonds is 4. The summed E-state index contributed by atoms with van der Waals surface area (Å²) in [4.78, 5) is 12.3. The van der Waals surface area contributed by atoms with Crippen LogP contribution < -0.4 is 5.32 Å². The molecule has 0 saturated carbocycles. The number of nitrogens with zero attached hydrogens (tertiary/aromatic N) is 1. The molecule has 2 aliphatic rings. The van der Waals surface area contributed by atoms with E-state index in [9.17, 15) is 26.0 Å². The molecule has 1 aromatic rings. The quantitative estimate of drug-likeness (QED) is 0.789. The Bertz CT molecular complexity index is 876. The lowest BCUT2D eigenvalue weighted by Crippen LogP contribution is -2.45. The van der Waals surface area contributed by atoms with Crippen molar-refractivity contribution in [2.24, 2.45) is 5.92 Å². The second-order valence-corrected chi connectivity index (χ2v) is 10.9. The van der Waals surface area contributed by atoms with Gasteiger partial charge in [-0.1, -0.05) is 0 Å². The number of sulfonamides is 1. The van der Waals surface area contributed by atoms with Crippen molar-refractivity contribution in [2.75, 3.05) is 24.6 Å². The lowest BCUT2D eigenvalue weighted by molar-refractivity contribution is -0.126. The average molecular weight is 404 g/mol. The summed E-state index contributed by atoms with van der Waals surface area (Å²) in [5.41, 5.74) is 0. The van der Waals surface area contributed by atoms with Gasteiger partial charge < -0.3 is 5.32 Å². The maximum absolute atomic E-state index is 13.0. The smallest absolute Gasteiger partial charge is 0.243 e. The first kappa shape index (κ1) is 19.2. The number of hydrogen-bond donors (Lipinski definition) is 1. The van der Waals surface area contributed by atoms with Crippen LogP contribution in [0.3, 0.4) is 0 Å².